The molecule has 0 radical (unpaired) electrons. The topological polar surface area (TPSA) is 27.1 Å². The predicted molar refractivity (Wildman–Crippen MR) is 67.9 cm³/mol. The van der Waals surface area contributed by atoms with Crippen molar-refractivity contribution in [1.82, 2.24) is 9.78 Å². The molecular formula is C12H18N2OS. The van der Waals surface area contributed by atoms with Crippen molar-refractivity contribution in [3.63, 3.8) is 0 Å². The summed E-state index contributed by atoms with van der Waals surface area (Å²) < 4.78 is 9.13. The number of hydrogen-bond donors (Lipinski definition) is 0. The molecule has 0 saturated carbocycles. The van der Waals surface area contributed by atoms with Gasteiger partial charge >= 0.3 is 0 Å². The minimum absolute atomic E-state index is 0.197. The Kier molecular flexibility index (Phi) is 3.04. The van der Waals surface area contributed by atoms with Gasteiger partial charge in [0.2, 0.25) is 0 Å². The summed E-state index contributed by atoms with van der Waals surface area (Å²) in [6, 6.07) is 2.07. The molecule has 2 aromatic rings. The van der Waals surface area contributed by atoms with E-state index in [1.807, 2.05) is 13.8 Å². The molecule has 4 heteroatoms. The van der Waals surface area contributed by atoms with E-state index >= 15 is 0 Å². The fourth-order valence-electron chi connectivity index (χ4n) is 2.06. The van der Waals surface area contributed by atoms with Crippen LogP contribution in [0.15, 0.2) is 11.4 Å². The largest absolute Gasteiger partial charge is 0.367 e. The van der Waals surface area contributed by atoms with Crippen molar-refractivity contribution in [2.45, 2.75) is 39.8 Å². The molecular weight excluding hydrogens is 220 g/mol. The zero-order valence-corrected chi connectivity index (χ0v) is 11.1. The predicted octanol–water partition coefficient (Wildman–Crippen LogP) is 3.39. The first-order valence-electron chi connectivity index (χ1n) is 5.77. The molecule has 0 N–H and O–H groups in total. The van der Waals surface area contributed by atoms with Crippen molar-refractivity contribution >= 4 is 21.6 Å². The second kappa shape index (κ2) is 4.18. The fraction of sp³-hybridized carbons (Fsp3) is 0.583. The van der Waals surface area contributed by atoms with Gasteiger partial charge in [0.05, 0.1) is 23.5 Å². The van der Waals surface area contributed by atoms with Crippen LogP contribution in [0.25, 0.3) is 10.2 Å². The van der Waals surface area contributed by atoms with Crippen LogP contribution < -0.4 is 0 Å². The van der Waals surface area contributed by atoms with Gasteiger partial charge < -0.3 is 4.74 Å². The maximum absolute atomic E-state index is 5.77. The molecule has 3 heterocycles. The molecule has 0 amide bonds. The van der Waals surface area contributed by atoms with E-state index in [1.165, 1.54) is 10.4 Å². The SMILES string of the molecule is CC.CC1(C)OCCn2nc3ccsc3c21. The van der Waals surface area contributed by atoms with Crippen LogP contribution >= 0.6 is 11.3 Å². The van der Waals surface area contributed by atoms with E-state index in [9.17, 15) is 0 Å². The quantitative estimate of drug-likeness (QED) is 0.703. The van der Waals surface area contributed by atoms with Crippen molar-refractivity contribution in [2.75, 3.05) is 6.61 Å². The molecule has 3 rings (SSSR count). The third-order valence-corrected chi connectivity index (χ3v) is 3.59. The highest BCUT2D eigenvalue weighted by molar-refractivity contribution is 7.17. The average molecular weight is 238 g/mol. The summed E-state index contributed by atoms with van der Waals surface area (Å²) in [6.45, 7) is 9.85. The molecule has 88 valence electrons. The van der Waals surface area contributed by atoms with E-state index in [0.717, 1.165) is 18.7 Å². The van der Waals surface area contributed by atoms with E-state index in [4.69, 9.17) is 4.74 Å². The second-order valence-corrected chi connectivity index (χ2v) is 4.98. The zero-order valence-electron chi connectivity index (χ0n) is 10.3. The molecule has 2 aromatic heterocycles. The third-order valence-electron chi connectivity index (χ3n) is 2.68. The summed E-state index contributed by atoms with van der Waals surface area (Å²) >= 11 is 1.75. The fourth-order valence-corrected chi connectivity index (χ4v) is 3.08. The Morgan fingerprint density at radius 3 is 2.94 bits per heavy atom. The third kappa shape index (κ3) is 1.66. The van der Waals surface area contributed by atoms with Crippen molar-refractivity contribution in [1.29, 1.82) is 0 Å². The van der Waals surface area contributed by atoms with Gasteiger partial charge in [-0.3, -0.25) is 4.68 Å². The summed E-state index contributed by atoms with van der Waals surface area (Å²) in [6.07, 6.45) is 0. The van der Waals surface area contributed by atoms with E-state index < -0.39 is 0 Å². The van der Waals surface area contributed by atoms with Crippen molar-refractivity contribution < 1.29 is 4.74 Å². The number of aromatic nitrogens is 2. The molecule has 0 unspecified atom stereocenters. The first-order chi connectivity index (χ1) is 7.68. The number of fused-ring (bicyclic) bond motifs is 3. The van der Waals surface area contributed by atoms with Gasteiger partial charge in [-0.05, 0) is 25.3 Å². The van der Waals surface area contributed by atoms with Gasteiger partial charge in [-0.15, -0.1) is 11.3 Å². The van der Waals surface area contributed by atoms with Crippen LogP contribution in [-0.2, 0) is 16.9 Å². The molecule has 0 fully saturated rings. The molecule has 0 aromatic carbocycles. The maximum Gasteiger partial charge on any atom is 0.106 e. The van der Waals surface area contributed by atoms with E-state index in [0.29, 0.717) is 0 Å². The number of hydrogen-bond acceptors (Lipinski definition) is 3. The van der Waals surface area contributed by atoms with Gasteiger partial charge in [0.15, 0.2) is 0 Å². The highest BCUT2D eigenvalue weighted by atomic mass is 32.1. The Bertz CT molecular complexity index is 484. The standard InChI is InChI=1S/C10H12N2OS.C2H6/c1-10(2)9-8-7(3-6-14-8)11-12(9)4-5-13-10;1-2/h3,6H,4-5H2,1-2H3;1-2H3. The highest BCUT2D eigenvalue weighted by Gasteiger charge is 2.32. The van der Waals surface area contributed by atoms with Gasteiger partial charge in [-0.2, -0.15) is 5.10 Å². The lowest BCUT2D eigenvalue weighted by atomic mass is 10.0. The second-order valence-electron chi connectivity index (χ2n) is 4.07. The average Bonchev–Trinajstić information content (AvgIpc) is 2.79. The molecule has 1 aliphatic heterocycles. The monoisotopic (exact) mass is 238 g/mol. The Morgan fingerprint density at radius 1 is 1.44 bits per heavy atom. The van der Waals surface area contributed by atoms with Gasteiger partial charge in [-0.25, -0.2) is 0 Å². The molecule has 1 aliphatic rings. The molecule has 0 atom stereocenters. The summed E-state index contributed by atoms with van der Waals surface area (Å²) in [5.41, 5.74) is 2.13. The van der Waals surface area contributed by atoms with Crippen molar-refractivity contribution in [3.05, 3.63) is 17.1 Å². The molecule has 0 bridgehead atoms. The van der Waals surface area contributed by atoms with E-state index in [-0.39, 0.29) is 5.60 Å². The van der Waals surface area contributed by atoms with Crippen LogP contribution in [0.3, 0.4) is 0 Å². The van der Waals surface area contributed by atoms with Crippen molar-refractivity contribution in [2.24, 2.45) is 0 Å². The van der Waals surface area contributed by atoms with E-state index in [1.54, 1.807) is 11.3 Å². The van der Waals surface area contributed by atoms with Crippen LogP contribution in [0.4, 0.5) is 0 Å². The highest BCUT2D eigenvalue weighted by Crippen LogP contribution is 2.36. The van der Waals surface area contributed by atoms with Gasteiger partial charge in [0, 0.05) is 0 Å². The molecule has 16 heavy (non-hydrogen) atoms. The zero-order chi connectivity index (χ0) is 11.8. The lowest BCUT2D eigenvalue weighted by Crippen LogP contribution is -2.33. The van der Waals surface area contributed by atoms with Crippen molar-refractivity contribution in [3.8, 4) is 0 Å². The van der Waals surface area contributed by atoms with Crippen LogP contribution in [0.1, 0.15) is 33.4 Å². The first-order valence-corrected chi connectivity index (χ1v) is 6.65. The minimum Gasteiger partial charge on any atom is -0.367 e. The minimum atomic E-state index is -0.197. The van der Waals surface area contributed by atoms with Crippen LogP contribution in [0.5, 0.6) is 0 Å². The summed E-state index contributed by atoms with van der Waals surface area (Å²) in [5, 5.41) is 6.64. The van der Waals surface area contributed by atoms with Gasteiger partial charge in [0.25, 0.3) is 0 Å². The Hall–Kier alpha value is -0.870. The van der Waals surface area contributed by atoms with Crippen LogP contribution in [-0.4, -0.2) is 16.4 Å². The Labute approximate surface area is 100 Å². The number of thiophene rings is 1. The summed E-state index contributed by atoms with van der Waals surface area (Å²) in [7, 11) is 0. The normalized spacial score (nSPS) is 17.8. The number of nitrogens with zero attached hydrogens (tertiary/aromatic N) is 2. The Balaban J connectivity index is 0.000000457. The number of ether oxygens (including phenoxy) is 1. The molecule has 0 aliphatic carbocycles. The smallest absolute Gasteiger partial charge is 0.106 e. The molecule has 0 saturated heterocycles. The Morgan fingerprint density at radius 2 is 2.19 bits per heavy atom. The van der Waals surface area contributed by atoms with E-state index in [2.05, 4.69) is 35.1 Å². The van der Waals surface area contributed by atoms with Gasteiger partial charge in [0.1, 0.15) is 11.1 Å². The molecule has 3 nitrogen and oxygen atoms in total. The van der Waals surface area contributed by atoms with Gasteiger partial charge in [-0.1, -0.05) is 13.8 Å². The summed E-state index contributed by atoms with van der Waals surface area (Å²) in [5.74, 6) is 0. The first kappa shape index (κ1) is 11.6. The maximum atomic E-state index is 5.77. The summed E-state index contributed by atoms with van der Waals surface area (Å²) in [4.78, 5) is 0. The number of rotatable bonds is 0. The lowest BCUT2D eigenvalue weighted by molar-refractivity contribution is -0.0519. The molecule has 0 spiro atoms. The van der Waals surface area contributed by atoms with Crippen LogP contribution in [0, 0.1) is 0 Å². The van der Waals surface area contributed by atoms with Crippen LogP contribution in [0.2, 0.25) is 0 Å². The lowest BCUT2D eigenvalue weighted by Gasteiger charge is -2.30.